The molecule has 2 bridgehead atoms. The topological polar surface area (TPSA) is 74.8 Å². The van der Waals surface area contributed by atoms with E-state index in [1.54, 1.807) is 13.8 Å². The van der Waals surface area contributed by atoms with Crippen LogP contribution >= 0.6 is 0 Å². The molecular weight excluding hydrogens is 508 g/mol. The molecule has 1 aliphatic heterocycles. The van der Waals surface area contributed by atoms with Crippen molar-refractivity contribution in [3.05, 3.63) is 99.6 Å². The van der Waals surface area contributed by atoms with Crippen LogP contribution in [0.3, 0.4) is 0 Å². The van der Waals surface area contributed by atoms with Crippen molar-refractivity contribution in [3.8, 4) is 0 Å². The van der Waals surface area contributed by atoms with Crippen LogP contribution in [0.2, 0.25) is 0 Å². The van der Waals surface area contributed by atoms with Gasteiger partial charge in [-0.3, -0.25) is 9.69 Å². The number of hydrogen-bond acceptors (Lipinski definition) is 4. The highest BCUT2D eigenvalue weighted by molar-refractivity contribution is 7.89. The summed E-state index contributed by atoms with van der Waals surface area (Å²) in [4.78, 5) is 29.6. The molecule has 0 N–H and O–H groups in total. The third-order valence-electron chi connectivity index (χ3n) is 9.35. The van der Waals surface area contributed by atoms with Crippen molar-refractivity contribution in [1.82, 2.24) is 9.21 Å². The third-order valence-corrected chi connectivity index (χ3v) is 11.4. The van der Waals surface area contributed by atoms with Crippen molar-refractivity contribution in [2.45, 2.75) is 82.2 Å². The number of rotatable bonds is 4. The lowest BCUT2D eigenvalue weighted by molar-refractivity contribution is -0.130. The minimum absolute atomic E-state index is 0.141. The highest BCUT2D eigenvalue weighted by Crippen LogP contribution is 2.64. The molecule has 1 heterocycles. The molecule has 1 saturated heterocycles. The molecule has 7 heteroatoms. The first-order valence-corrected chi connectivity index (χ1v) is 15.0. The van der Waals surface area contributed by atoms with Gasteiger partial charge in [0.05, 0.1) is 17.0 Å². The predicted octanol–water partition coefficient (Wildman–Crippen LogP) is 5.74. The molecule has 3 aromatic rings. The second-order valence-electron chi connectivity index (χ2n) is 11.7. The zero-order valence-corrected chi connectivity index (χ0v) is 24.1. The molecule has 0 radical (unpaired) electrons. The average molecular weight is 543 g/mol. The van der Waals surface area contributed by atoms with Crippen LogP contribution in [0, 0.1) is 20.8 Å². The summed E-state index contributed by atoms with van der Waals surface area (Å²) in [6.07, 6.45) is 0.728. The van der Waals surface area contributed by atoms with E-state index in [-0.39, 0.29) is 17.2 Å². The van der Waals surface area contributed by atoms with E-state index in [1.807, 2.05) is 69.3 Å². The largest absolute Gasteiger partial charge is 0.341 e. The highest BCUT2D eigenvalue weighted by atomic mass is 32.2. The van der Waals surface area contributed by atoms with Gasteiger partial charge >= 0.3 is 6.03 Å². The number of sulfonamides is 1. The van der Waals surface area contributed by atoms with Crippen molar-refractivity contribution in [1.29, 1.82) is 0 Å². The summed E-state index contributed by atoms with van der Waals surface area (Å²) in [5.74, 6) is -0.333. The maximum Gasteiger partial charge on any atom is 0.341 e. The molecule has 6 nitrogen and oxygen atoms in total. The molecule has 1 fully saturated rings. The summed E-state index contributed by atoms with van der Waals surface area (Å²) >= 11 is 0. The first-order valence-electron chi connectivity index (χ1n) is 13.6. The molecule has 2 atom stereocenters. The fourth-order valence-electron chi connectivity index (χ4n) is 7.96. The van der Waals surface area contributed by atoms with Crippen LogP contribution in [-0.2, 0) is 25.6 Å². The zero-order valence-electron chi connectivity index (χ0n) is 23.3. The van der Waals surface area contributed by atoms with Gasteiger partial charge < -0.3 is 0 Å². The van der Waals surface area contributed by atoms with Crippen LogP contribution < -0.4 is 0 Å². The van der Waals surface area contributed by atoms with Gasteiger partial charge in [0.2, 0.25) is 5.91 Å². The maximum atomic E-state index is 14.7. The molecule has 3 aromatic carbocycles. The summed E-state index contributed by atoms with van der Waals surface area (Å²) in [5, 5.41) is 0. The minimum atomic E-state index is -4.32. The highest BCUT2D eigenvalue weighted by Gasteiger charge is 2.72. The lowest BCUT2D eigenvalue weighted by atomic mass is 9.46. The van der Waals surface area contributed by atoms with E-state index in [4.69, 9.17) is 0 Å². The number of hydrogen-bond donors (Lipinski definition) is 0. The fourth-order valence-corrected chi connectivity index (χ4v) is 10.0. The monoisotopic (exact) mass is 542 g/mol. The van der Waals surface area contributed by atoms with E-state index in [0.717, 1.165) is 32.1 Å². The summed E-state index contributed by atoms with van der Waals surface area (Å²) in [6, 6.07) is 17.6. The Hall–Kier alpha value is -3.45. The van der Waals surface area contributed by atoms with Gasteiger partial charge in [0, 0.05) is 17.3 Å². The Kier molecular flexibility index (Phi) is 5.48. The van der Waals surface area contributed by atoms with Gasteiger partial charge in [-0.15, -0.1) is 0 Å². The van der Waals surface area contributed by atoms with Gasteiger partial charge in [-0.1, -0.05) is 73.2 Å². The van der Waals surface area contributed by atoms with Crippen LogP contribution in [0.15, 0.2) is 65.6 Å². The van der Waals surface area contributed by atoms with Crippen LogP contribution in [-0.4, -0.2) is 41.6 Å². The molecule has 3 aliphatic carbocycles. The average Bonchev–Trinajstić information content (AvgIpc) is 3.21. The SMILES string of the molecule is CCCC(=O)N1C(=O)N(S(=O)(=O)c2c(C)cc(C)cc2C)[C@@H]2[C@H]1C1(C)c3ccccc3C2(C)c2ccccc21. The Morgan fingerprint density at radius 3 is 1.69 bits per heavy atom. The number of aryl methyl sites for hydroxylation is 3. The summed E-state index contributed by atoms with van der Waals surface area (Å²) in [7, 11) is -4.32. The van der Waals surface area contributed by atoms with E-state index in [0.29, 0.717) is 17.5 Å². The number of nitrogens with zero attached hydrogens (tertiary/aromatic N) is 2. The second-order valence-corrected chi connectivity index (χ2v) is 13.5. The van der Waals surface area contributed by atoms with Gasteiger partial charge in [0.15, 0.2) is 0 Å². The predicted molar refractivity (Wildman–Crippen MR) is 150 cm³/mol. The molecule has 39 heavy (non-hydrogen) atoms. The van der Waals surface area contributed by atoms with Gasteiger partial charge in [-0.05, 0) is 74.4 Å². The molecular formula is C32H34N2O4S. The maximum absolute atomic E-state index is 14.7. The first-order chi connectivity index (χ1) is 18.4. The minimum Gasteiger partial charge on any atom is -0.274 e. The molecule has 202 valence electrons. The zero-order chi connectivity index (χ0) is 28.1. The summed E-state index contributed by atoms with van der Waals surface area (Å²) in [6.45, 7) is 11.5. The molecule has 0 spiro atoms. The van der Waals surface area contributed by atoms with Crippen molar-refractivity contribution >= 4 is 22.0 Å². The summed E-state index contributed by atoms with van der Waals surface area (Å²) in [5.41, 5.74) is 4.58. The van der Waals surface area contributed by atoms with Gasteiger partial charge in [0.25, 0.3) is 10.0 Å². The van der Waals surface area contributed by atoms with E-state index >= 15 is 0 Å². The number of imide groups is 1. The molecule has 3 amide bonds. The van der Waals surface area contributed by atoms with Gasteiger partial charge in [-0.2, -0.15) is 0 Å². The molecule has 4 aliphatic rings. The van der Waals surface area contributed by atoms with E-state index < -0.39 is 39.0 Å². The van der Waals surface area contributed by atoms with Crippen molar-refractivity contribution in [2.75, 3.05) is 0 Å². The first kappa shape index (κ1) is 25.8. The lowest BCUT2D eigenvalue weighted by Gasteiger charge is -2.60. The van der Waals surface area contributed by atoms with Crippen molar-refractivity contribution < 1.29 is 18.0 Å². The molecule has 7 rings (SSSR count). The van der Waals surface area contributed by atoms with Gasteiger partial charge in [0.1, 0.15) is 0 Å². The van der Waals surface area contributed by atoms with Crippen LogP contribution in [0.4, 0.5) is 4.79 Å². The molecule has 0 saturated carbocycles. The third kappa shape index (κ3) is 3.05. The van der Waals surface area contributed by atoms with Crippen molar-refractivity contribution in [3.63, 3.8) is 0 Å². The standard InChI is InChI=1S/C32H34N2O4S/c1-7-12-26(35)33-28-29(34(30(33)36)39(37,38)27-20(3)17-19(2)18-21(27)4)32(6)24-15-10-8-13-22(24)31(28,5)23-14-9-11-16-25(23)32/h8-11,13-18,28-29H,7,12H2,1-6H3/t28-,29+,31?,32?/m0/s1. The molecule has 0 unspecified atom stereocenters. The van der Waals surface area contributed by atoms with E-state index in [1.165, 1.54) is 4.90 Å². The normalized spacial score (nSPS) is 26.9. The van der Waals surface area contributed by atoms with Crippen molar-refractivity contribution in [2.24, 2.45) is 0 Å². The Morgan fingerprint density at radius 2 is 1.26 bits per heavy atom. The molecule has 0 aromatic heterocycles. The van der Waals surface area contributed by atoms with Crippen LogP contribution in [0.1, 0.15) is 72.6 Å². The fraction of sp³-hybridized carbons (Fsp3) is 0.375. The Bertz CT molecular complexity index is 1600. The second kappa shape index (κ2) is 8.28. The van der Waals surface area contributed by atoms with Crippen LogP contribution in [0.25, 0.3) is 0 Å². The number of benzene rings is 3. The van der Waals surface area contributed by atoms with E-state index in [9.17, 15) is 18.0 Å². The number of carbonyl (C=O) groups excluding carboxylic acids is 2. The lowest BCUT2D eigenvalue weighted by Crippen LogP contribution is -2.68. The quantitative estimate of drug-likeness (QED) is 0.421. The van der Waals surface area contributed by atoms with Gasteiger partial charge in [-0.25, -0.2) is 17.5 Å². The number of amides is 3. The Labute approximate surface area is 230 Å². The number of urea groups is 1. The number of carbonyl (C=O) groups is 2. The summed E-state index contributed by atoms with van der Waals surface area (Å²) < 4.78 is 30.5. The Morgan fingerprint density at radius 1 is 0.821 bits per heavy atom. The Balaban J connectivity index is 1.71. The smallest absolute Gasteiger partial charge is 0.274 e. The van der Waals surface area contributed by atoms with Crippen LogP contribution in [0.5, 0.6) is 0 Å². The van der Waals surface area contributed by atoms with E-state index in [2.05, 4.69) is 19.1 Å².